The Balaban J connectivity index is 1.97. The molecular weight excluding hydrogens is 212 g/mol. The molecule has 90 valence electrons. The van der Waals surface area contributed by atoms with E-state index >= 15 is 0 Å². The first kappa shape index (κ1) is 11.3. The number of carbonyl (C=O) groups is 2. The van der Waals surface area contributed by atoms with E-state index in [0.717, 1.165) is 12.8 Å². The average molecular weight is 228 g/mol. The molecule has 1 saturated heterocycles. The van der Waals surface area contributed by atoms with Crippen LogP contribution in [-0.4, -0.2) is 41.8 Å². The van der Waals surface area contributed by atoms with Crippen molar-refractivity contribution in [3.8, 4) is 0 Å². The molecule has 16 heavy (non-hydrogen) atoms. The minimum atomic E-state index is -1.05. The fraction of sp³-hybridized carbons (Fsp3) is 0.800. The Morgan fingerprint density at radius 2 is 2.19 bits per heavy atom. The second-order valence-electron chi connectivity index (χ2n) is 4.59. The molecule has 4 N–H and O–H groups in total. The van der Waals surface area contributed by atoms with Gasteiger partial charge in [-0.2, -0.15) is 0 Å². The number of carboxylic acids is 1. The Morgan fingerprint density at radius 1 is 1.50 bits per heavy atom. The van der Waals surface area contributed by atoms with E-state index < -0.39 is 23.5 Å². The maximum absolute atomic E-state index is 11.8. The third-order valence-electron chi connectivity index (χ3n) is 3.15. The maximum atomic E-state index is 11.8. The summed E-state index contributed by atoms with van der Waals surface area (Å²) in [6.45, 7) is 0.612. The van der Waals surface area contributed by atoms with Gasteiger partial charge in [0.25, 0.3) is 0 Å². The van der Waals surface area contributed by atoms with Gasteiger partial charge in [0.2, 0.25) is 5.91 Å². The number of aliphatic carboxylic acids is 1. The molecule has 2 fully saturated rings. The van der Waals surface area contributed by atoms with Crippen LogP contribution in [0.25, 0.3) is 0 Å². The molecule has 0 bridgehead atoms. The molecule has 6 nitrogen and oxygen atoms in total. The van der Waals surface area contributed by atoms with Crippen LogP contribution in [0.3, 0.4) is 0 Å². The van der Waals surface area contributed by atoms with Gasteiger partial charge in [0.05, 0.1) is 6.61 Å². The van der Waals surface area contributed by atoms with Crippen molar-refractivity contribution >= 4 is 11.9 Å². The lowest BCUT2D eigenvalue weighted by molar-refractivity contribution is -0.143. The number of hydrogen-bond donors (Lipinski definition) is 3. The fourth-order valence-electron chi connectivity index (χ4n) is 1.86. The summed E-state index contributed by atoms with van der Waals surface area (Å²) in [7, 11) is 0. The van der Waals surface area contributed by atoms with Crippen LogP contribution in [0.2, 0.25) is 0 Å². The highest BCUT2D eigenvalue weighted by atomic mass is 16.5. The summed E-state index contributed by atoms with van der Waals surface area (Å²) in [5.74, 6) is -1.34. The highest BCUT2D eigenvalue weighted by Crippen LogP contribution is 2.33. The van der Waals surface area contributed by atoms with Gasteiger partial charge in [0.15, 0.2) is 0 Å². The van der Waals surface area contributed by atoms with Crippen LogP contribution >= 0.6 is 0 Å². The quantitative estimate of drug-likeness (QED) is 0.578. The molecule has 2 unspecified atom stereocenters. The molecule has 0 radical (unpaired) electrons. The normalized spacial score (nSPS) is 31.1. The average Bonchev–Trinajstić information content (AvgIpc) is 2.96. The molecule has 0 aromatic rings. The molecule has 0 aromatic heterocycles. The zero-order valence-corrected chi connectivity index (χ0v) is 8.94. The van der Waals surface area contributed by atoms with Gasteiger partial charge >= 0.3 is 5.97 Å². The van der Waals surface area contributed by atoms with Crippen LogP contribution < -0.4 is 11.1 Å². The standard InChI is InChI=1S/C10H16N2O4/c11-10(3-4-16-5-10)9(15)12-7(8(13)14)6-1-2-6/h6-7H,1-5,11H2,(H,12,15)(H,13,14). The second-order valence-corrected chi connectivity index (χ2v) is 4.59. The summed E-state index contributed by atoms with van der Waals surface area (Å²) < 4.78 is 5.07. The van der Waals surface area contributed by atoms with E-state index in [0.29, 0.717) is 13.0 Å². The second kappa shape index (κ2) is 4.03. The molecule has 1 amide bonds. The van der Waals surface area contributed by atoms with Gasteiger partial charge in [-0.25, -0.2) is 4.79 Å². The van der Waals surface area contributed by atoms with Gasteiger partial charge in [0.1, 0.15) is 11.6 Å². The molecule has 2 rings (SSSR count). The molecule has 1 aliphatic carbocycles. The predicted molar refractivity (Wildman–Crippen MR) is 54.6 cm³/mol. The first-order chi connectivity index (χ1) is 7.53. The van der Waals surface area contributed by atoms with Gasteiger partial charge in [-0.05, 0) is 25.2 Å². The molecule has 6 heteroatoms. The van der Waals surface area contributed by atoms with Gasteiger partial charge in [-0.1, -0.05) is 0 Å². The summed E-state index contributed by atoms with van der Waals surface area (Å²) in [6, 6.07) is -0.798. The van der Waals surface area contributed by atoms with E-state index in [1.807, 2.05) is 0 Å². The Hall–Kier alpha value is -1.14. The van der Waals surface area contributed by atoms with Crippen molar-refractivity contribution in [3.63, 3.8) is 0 Å². The smallest absolute Gasteiger partial charge is 0.326 e. The third-order valence-corrected chi connectivity index (χ3v) is 3.15. The topological polar surface area (TPSA) is 102 Å². The first-order valence-corrected chi connectivity index (χ1v) is 5.43. The largest absolute Gasteiger partial charge is 0.480 e. The van der Waals surface area contributed by atoms with E-state index in [9.17, 15) is 9.59 Å². The van der Waals surface area contributed by atoms with Crippen molar-refractivity contribution in [2.24, 2.45) is 11.7 Å². The van der Waals surface area contributed by atoms with E-state index in [-0.39, 0.29) is 12.5 Å². The minimum absolute atomic E-state index is 0.0624. The lowest BCUT2D eigenvalue weighted by atomic mass is 9.98. The Kier molecular flexibility index (Phi) is 2.86. The number of hydrogen-bond acceptors (Lipinski definition) is 4. The summed E-state index contributed by atoms with van der Waals surface area (Å²) in [6.07, 6.45) is 2.15. The lowest BCUT2D eigenvalue weighted by Crippen LogP contribution is -2.58. The van der Waals surface area contributed by atoms with Crippen molar-refractivity contribution < 1.29 is 19.4 Å². The molecule has 1 saturated carbocycles. The van der Waals surface area contributed by atoms with Crippen LogP contribution in [0.1, 0.15) is 19.3 Å². The molecule has 2 aliphatic rings. The van der Waals surface area contributed by atoms with Crippen LogP contribution in [0.15, 0.2) is 0 Å². The Bertz CT molecular complexity index is 308. The molecule has 0 aromatic carbocycles. The monoisotopic (exact) mass is 228 g/mol. The summed E-state index contributed by atoms with van der Waals surface area (Å²) in [4.78, 5) is 22.8. The van der Waals surface area contributed by atoms with Crippen molar-refractivity contribution in [2.45, 2.75) is 30.8 Å². The molecular formula is C10H16N2O4. The SMILES string of the molecule is NC1(C(=O)NC(C(=O)O)C2CC2)CCOC1. The first-order valence-electron chi connectivity index (χ1n) is 5.43. The van der Waals surface area contributed by atoms with E-state index in [2.05, 4.69) is 5.32 Å². The molecule has 2 atom stereocenters. The predicted octanol–water partition coefficient (Wildman–Crippen LogP) is -0.916. The molecule has 1 aliphatic heterocycles. The number of carbonyl (C=O) groups excluding carboxylic acids is 1. The van der Waals surface area contributed by atoms with Crippen LogP contribution in [0.4, 0.5) is 0 Å². The zero-order valence-electron chi connectivity index (χ0n) is 8.94. The van der Waals surface area contributed by atoms with Crippen molar-refractivity contribution in [1.82, 2.24) is 5.32 Å². The van der Waals surface area contributed by atoms with Gasteiger partial charge < -0.3 is 20.9 Å². The van der Waals surface area contributed by atoms with E-state index in [1.165, 1.54) is 0 Å². The Morgan fingerprint density at radius 3 is 2.62 bits per heavy atom. The van der Waals surface area contributed by atoms with E-state index in [1.54, 1.807) is 0 Å². The minimum Gasteiger partial charge on any atom is -0.480 e. The van der Waals surface area contributed by atoms with Crippen molar-refractivity contribution in [1.29, 1.82) is 0 Å². The van der Waals surface area contributed by atoms with Crippen molar-refractivity contribution in [2.75, 3.05) is 13.2 Å². The molecule has 1 heterocycles. The zero-order chi connectivity index (χ0) is 11.8. The number of carboxylic acid groups (broad SMARTS) is 1. The van der Waals surface area contributed by atoms with Crippen LogP contribution in [0, 0.1) is 5.92 Å². The number of nitrogens with two attached hydrogens (primary N) is 1. The number of ether oxygens (including phenoxy) is 1. The van der Waals surface area contributed by atoms with E-state index in [4.69, 9.17) is 15.6 Å². The van der Waals surface area contributed by atoms with Gasteiger partial charge in [-0.15, -0.1) is 0 Å². The third kappa shape index (κ3) is 2.17. The van der Waals surface area contributed by atoms with Gasteiger partial charge in [0, 0.05) is 6.61 Å². The number of rotatable bonds is 4. The fourth-order valence-corrected chi connectivity index (χ4v) is 1.86. The maximum Gasteiger partial charge on any atom is 0.326 e. The van der Waals surface area contributed by atoms with Crippen molar-refractivity contribution in [3.05, 3.63) is 0 Å². The van der Waals surface area contributed by atoms with Crippen LogP contribution in [-0.2, 0) is 14.3 Å². The highest BCUT2D eigenvalue weighted by Gasteiger charge is 2.43. The number of amides is 1. The summed E-state index contributed by atoms with van der Waals surface area (Å²) in [5.41, 5.74) is 4.79. The highest BCUT2D eigenvalue weighted by molar-refractivity contribution is 5.90. The van der Waals surface area contributed by atoms with Gasteiger partial charge in [-0.3, -0.25) is 4.79 Å². The summed E-state index contributed by atoms with van der Waals surface area (Å²) in [5, 5.41) is 11.5. The Labute approximate surface area is 93.1 Å². The lowest BCUT2D eigenvalue weighted by Gasteiger charge is -2.23. The molecule has 0 spiro atoms. The van der Waals surface area contributed by atoms with Crippen LogP contribution in [0.5, 0.6) is 0 Å². The number of nitrogens with one attached hydrogen (secondary N) is 1. The summed E-state index contributed by atoms with van der Waals surface area (Å²) >= 11 is 0.